The molecule has 3 saturated heterocycles. The van der Waals surface area contributed by atoms with Crippen LogP contribution < -0.4 is 5.32 Å². The van der Waals surface area contributed by atoms with Crippen LogP contribution in [0, 0.1) is 0 Å². The van der Waals surface area contributed by atoms with E-state index in [1.54, 1.807) is 0 Å². The van der Waals surface area contributed by atoms with Crippen LogP contribution in [0.25, 0.3) is 0 Å². The maximum absolute atomic E-state index is 11.8. The van der Waals surface area contributed by atoms with Crippen LogP contribution in [0.2, 0.25) is 18.1 Å². The van der Waals surface area contributed by atoms with E-state index in [0.717, 1.165) is 5.56 Å². The monoisotopic (exact) mass is 449 g/mol. The van der Waals surface area contributed by atoms with Crippen molar-refractivity contribution in [2.75, 3.05) is 19.8 Å². The summed E-state index contributed by atoms with van der Waals surface area (Å²) in [7, 11) is -1.98. The van der Waals surface area contributed by atoms with Crippen molar-refractivity contribution in [3.8, 4) is 0 Å². The Morgan fingerprint density at radius 3 is 2.61 bits per heavy atom. The van der Waals surface area contributed by atoms with Gasteiger partial charge in [-0.3, -0.25) is 0 Å². The molecule has 172 valence electrons. The van der Waals surface area contributed by atoms with E-state index in [1.807, 2.05) is 30.3 Å². The van der Waals surface area contributed by atoms with Gasteiger partial charge in [0.05, 0.1) is 32.5 Å². The fraction of sp³-hybridized carbons (Fsp3) is 0.696. The normalized spacial score (nSPS) is 32.9. The first-order chi connectivity index (χ1) is 14.6. The summed E-state index contributed by atoms with van der Waals surface area (Å²) in [6.45, 7) is 12.9. The highest BCUT2D eigenvalue weighted by atomic mass is 28.4. The van der Waals surface area contributed by atoms with Crippen LogP contribution in [0.1, 0.15) is 32.8 Å². The molecule has 0 saturated carbocycles. The molecule has 7 nitrogen and oxygen atoms in total. The average molecular weight is 450 g/mol. The van der Waals surface area contributed by atoms with E-state index in [9.17, 15) is 4.79 Å². The molecule has 3 heterocycles. The minimum Gasteiger partial charge on any atom is -0.441 e. The number of fused-ring (bicyclic) bond motifs is 3. The van der Waals surface area contributed by atoms with Crippen LogP contribution in [-0.4, -0.2) is 64.2 Å². The van der Waals surface area contributed by atoms with Crippen LogP contribution in [0.3, 0.4) is 0 Å². The second-order valence-electron chi connectivity index (χ2n) is 10.5. The van der Waals surface area contributed by atoms with Gasteiger partial charge in [0, 0.05) is 6.42 Å². The van der Waals surface area contributed by atoms with E-state index in [-0.39, 0.29) is 29.4 Å². The Kier molecular flexibility index (Phi) is 6.22. The molecule has 0 bridgehead atoms. The molecular formula is C23H35NO6Si. The smallest absolute Gasteiger partial charge is 0.408 e. The van der Waals surface area contributed by atoms with Crippen molar-refractivity contribution in [1.29, 1.82) is 0 Å². The molecule has 3 aliphatic heterocycles. The highest BCUT2D eigenvalue weighted by Crippen LogP contribution is 2.42. The van der Waals surface area contributed by atoms with E-state index < -0.39 is 20.0 Å². The minimum absolute atomic E-state index is 0.0965. The first-order valence-electron chi connectivity index (χ1n) is 11.1. The molecule has 0 aromatic heterocycles. The van der Waals surface area contributed by atoms with E-state index in [4.69, 9.17) is 23.4 Å². The standard InChI is InChI=1S/C23H35NO6Si/c1-22(2,3)31(4,5)28-15-23(14-26-12-16-9-7-6-8-10-16)11-17-20(30-23)19-18(13-27-17)29-21(25)24-19/h6-10,17-20H,11-15H2,1-5H3,(H,24,25)/t17-,18-,19-,20+,23+/m1/s1. The summed E-state index contributed by atoms with van der Waals surface area (Å²) in [6, 6.07) is 9.91. The molecule has 31 heavy (non-hydrogen) atoms. The molecule has 1 amide bonds. The molecule has 4 rings (SSSR count). The third-order valence-electron chi connectivity index (χ3n) is 7.08. The lowest BCUT2D eigenvalue weighted by molar-refractivity contribution is -0.148. The molecule has 3 aliphatic rings. The summed E-state index contributed by atoms with van der Waals surface area (Å²) in [4.78, 5) is 11.8. The molecule has 0 spiro atoms. The Balaban J connectivity index is 1.48. The van der Waals surface area contributed by atoms with Gasteiger partial charge >= 0.3 is 6.09 Å². The molecule has 0 radical (unpaired) electrons. The molecule has 0 aliphatic carbocycles. The van der Waals surface area contributed by atoms with E-state index in [2.05, 4.69) is 39.2 Å². The summed E-state index contributed by atoms with van der Waals surface area (Å²) in [6.07, 6.45) is -0.436. The number of ether oxygens (including phenoxy) is 4. The zero-order valence-electron chi connectivity index (χ0n) is 19.2. The third kappa shape index (κ3) is 4.83. The third-order valence-corrected chi connectivity index (χ3v) is 11.6. The average Bonchev–Trinajstić information content (AvgIpc) is 3.26. The summed E-state index contributed by atoms with van der Waals surface area (Å²) in [5.74, 6) is 0. The van der Waals surface area contributed by atoms with E-state index >= 15 is 0 Å². The summed E-state index contributed by atoms with van der Waals surface area (Å²) in [5, 5.41) is 3.00. The molecule has 0 unspecified atom stereocenters. The lowest BCUT2D eigenvalue weighted by Crippen LogP contribution is -2.54. The van der Waals surface area contributed by atoms with Gasteiger partial charge in [-0.15, -0.1) is 0 Å². The van der Waals surface area contributed by atoms with Crippen LogP contribution in [0.4, 0.5) is 4.79 Å². The number of rotatable bonds is 7. The predicted octanol–water partition coefficient (Wildman–Crippen LogP) is 3.63. The van der Waals surface area contributed by atoms with Gasteiger partial charge < -0.3 is 28.7 Å². The number of carbonyl (C=O) groups is 1. The number of amides is 1. The lowest BCUT2D eigenvalue weighted by Gasteiger charge is -2.40. The largest absolute Gasteiger partial charge is 0.441 e. The number of hydrogen-bond acceptors (Lipinski definition) is 6. The van der Waals surface area contributed by atoms with Crippen LogP contribution in [-0.2, 0) is 30.0 Å². The van der Waals surface area contributed by atoms with Gasteiger partial charge in [0.15, 0.2) is 8.32 Å². The van der Waals surface area contributed by atoms with Gasteiger partial charge in [-0.05, 0) is 23.7 Å². The van der Waals surface area contributed by atoms with Gasteiger partial charge in [0.1, 0.15) is 23.9 Å². The zero-order valence-corrected chi connectivity index (χ0v) is 20.2. The number of alkyl carbamates (subject to hydrolysis) is 1. The van der Waals surface area contributed by atoms with Crippen molar-refractivity contribution >= 4 is 14.4 Å². The van der Waals surface area contributed by atoms with Crippen molar-refractivity contribution < 1.29 is 28.2 Å². The van der Waals surface area contributed by atoms with Crippen LogP contribution in [0.5, 0.6) is 0 Å². The number of carbonyl (C=O) groups excluding carboxylic acids is 1. The second kappa shape index (κ2) is 8.48. The number of hydrogen-bond donors (Lipinski definition) is 1. The van der Waals surface area contributed by atoms with E-state index in [1.165, 1.54) is 0 Å². The highest BCUT2D eigenvalue weighted by Gasteiger charge is 2.57. The van der Waals surface area contributed by atoms with Crippen LogP contribution in [0.15, 0.2) is 30.3 Å². The first-order valence-corrected chi connectivity index (χ1v) is 14.0. The second-order valence-corrected chi connectivity index (χ2v) is 15.3. The van der Waals surface area contributed by atoms with Crippen molar-refractivity contribution in [2.24, 2.45) is 0 Å². The van der Waals surface area contributed by atoms with Crippen molar-refractivity contribution in [2.45, 2.75) is 81.9 Å². The van der Waals surface area contributed by atoms with Crippen LogP contribution >= 0.6 is 0 Å². The SMILES string of the molecule is CC(C)(C)[Si](C)(C)OC[C@@]1(COCc2ccccc2)C[C@H]2OC[C@H]3OC(=O)N[C@H]3[C@H]2O1. The molecule has 1 aromatic carbocycles. The zero-order chi connectivity index (χ0) is 22.3. The molecule has 3 fully saturated rings. The highest BCUT2D eigenvalue weighted by molar-refractivity contribution is 6.74. The fourth-order valence-corrected chi connectivity index (χ4v) is 5.22. The Bertz CT molecular complexity index is 782. The number of nitrogens with one attached hydrogen (secondary N) is 1. The van der Waals surface area contributed by atoms with Crippen molar-refractivity contribution in [1.82, 2.24) is 5.32 Å². The van der Waals surface area contributed by atoms with Crippen molar-refractivity contribution in [3.63, 3.8) is 0 Å². The molecular weight excluding hydrogens is 414 g/mol. The van der Waals surface area contributed by atoms with Gasteiger partial charge in [-0.2, -0.15) is 0 Å². The summed E-state index contributed by atoms with van der Waals surface area (Å²) >= 11 is 0. The Morgan fingerprint density at radius 1 is 1.16 bits per heavy atom. The quantitative estimate of drug-likeness (QED) is 0.641. The van der Waals surface area contributed by atoms with Gasteiger partial charge in [0.2, 0.25) is 0 Å². The Morgan fingerprint density at radius 2 is 1.90 bits per heavy atom. The molecule has 1 aromatic rings. The fourth-order valence-electron chi connectivity index (χ4n) is 4.16. The minimum atomic E-state index is -1.98. The maximum atomic E-state index is 11.8. The maximum Gasteiger partial charge on any atom is 0.408 e. The van der Waals surface area contributed by atoms with Gasteiger partial charge in [-0.1, -0.05) is 51.1 Å². The predicted molar refractivity (Wildman–Crippen MR) is 118 cm³/mol. The Labute approximate surface area is 185 Å². The summed E-state index contributed by atoms with van der Waals surface area (Å²) < 4.78 is 30.7. The molecule has 1 N–H and O–H groups in total. The summed E-state index contributed by atoms with van der Waals surface area (Å²) in [5.41, 5.74) is 0.494. The van der Waals surface area contributed by atoms with Gasteiger partial charge in [0.25, 0.3) is 0 Å². The Hall–Kier alpha value is -1.45. The molecule has 5 atom stereocenters. The molecule has 8 heteroatoms. The first kappa shape index (κ1) is 22.7. The lowest BCUT2D eigenvalue weighted by atomic mass is 9.94. The van der Waals surface area contributed by atoms with Crippen molar-refractivity contribution in [3.05, 3.63) is 35.9 Å². The van der Waals surface area contributed by atoms with Gasteiger partial charge in [-0.25, -0.2) is 4.79 Å². The number of benzene rings is 1. The van der Waals surface area contributed by atoms with E-state index in [0.29, 0.717) is 32.8 Å². The topological polar surface area (TPSA) is 75.2 Å².